The van der Waals surface area contributed by atoms with Gasteiger partial charge in [-0.1, -0.05) is 25.1 Å². The number of carbonyl (C=O) groups is 3. The second kappa shape index (κ2) is 8.55. The normalized spacial score (nSPS) is 15.3. The van der Waals surface area contributed by atoms with Crippen LogP contribution in [0.3, 0.4) is 0 Å². The first kappa shape index (κ1) is 21.1. The molecule has 0 atom stereocenters. The molecule has 0 bridgehead atoms. The van der Waals surface area contributed by atoms with Gasteiger partial charge in [-0.05, 0) is 67.4 Å². The van der Waals surface area contributed by atoms with Crippen LogP contribution in [0.4, 0.5) is 10.5 Å². The van der Waals surface area contributed by atoms with Gasteiger partial charge in [0.15, 0.2) is 0 Å². The second-order valence-corrected chi connectivity index (χ2v) is 7.37. The smallest absolute Gasteiger partial charge is 0.335 e. The van der Waals surface area contributed by atoms with Gasteiger partial charge in [-0.15, -0.1) is 0 Å². The number of para-hydroxylation sites is 1. The van der Waals surface area contributed by atoms with E-state index in [0.717, 1.165) is 27.6 Å². The van der Waals surface area contributed by atoms with E-state index in [1.54, 1.807) is 19.2 Å². The number of hydrogen-bond donors (Lipinski definition) is 1. The highest BCUT2D eigenvalue weighted by molar-refractivity contribution is 6.39. The molecule has 7 nitrogen and oxygen atoms in total. The number of nitrogens with one attached hydrogen (secondary N) is 1. The van der Waals surface area contributed by atoms with E-state index in [9.17, 15) is 14.4 Å². The average Bonchev–Trinajstić information content (AvgIpc) is 3.16. The standard InChI is InChI=1S/C25H23N3O4/c1-4-17-7-5-6-8-22(17)28-24(30)21(23(29)26-25(28)31)15-19-10-9-16(2)27(19)18-11-13-20(32-3)14-12-18/h5-15H,4H2,1-3H3,(H,26,29,31)/b21-15+. The number of methoxy groups -OCH3 is 1. The number of amides is 4. The lowest BCUT2D eigenvalue weighted by molar-refractivity contribution is -0.122. The summed E-state index contributed by atoms with van der Waals surface area (Å²) in [5, 5.41) is 2.29. The second-order valence-electron chi connectivity index (χ2n) is 7.37. The fourth-order valence-corrected chi connectivity index (χ4v) is 3.81. The molecule has 2 aromatic carbocycles. The van der Waals surface area contributed by atoms with Crippen LogP contribution >= 0.6 is 0 Å². The van der Waals surface area contributed by atoms with Gasteiger partial charge in [0.2, 0.25) is 0 Å². The number of hydrogen-bond acceptors (Lipinski definition) is 4. The minimum Gasteiger partial charge on any atom is -0.497 e. The number of nitrogens with zero attached hydrogens (tertiary/aromatic N) is 2. The van der Waals surface area contributed by atoms with E-state index in [-0.39, 0.29) is 5.57 Å². The first-order chi connectivity index (χ1) is 15.4. The third-order valence-electron chi connectivity index (χ3n) is 5.44. The van der Waals surface area contributed by atoms with Gasteiger partial charge in [-0.2, -0.15) is 0 Å². The van der Waals surface area contributed by atoms with Crippen LogP contribution in [0.15, 0.2) is 66.2 Å². The Labute approximate surface area is 185 Å². The summed E-state index contributed by atoms with van der Waals surface area (Å²) in [6, 6.07) is 17.6. The quantitative estimate of drug-likeness (QED) is 0.491. The van der Waals surface area contributed by atoms with Crippen molar-refractivity contribution in [1.82, 2.24) is 9.88 Å². The van der Waals surface area contributed by atoms with Gasteiger partial charge in [-0.3, -0.25) is 14.9 Å². The highest BCUT2D eigenvalue weighted by atomic mass is 16.5. The Kier molecular flexibility index (Phi) is 5.64. The number of anilines is 1. The Morgan fingerprint density at radius 2 is 1.69 bits per heavy atom. The number of rotatable bonds is 5. The Morgan fingerprint density at radius 1 is 0.969 bits per heavy atom. The van der Waals surface area contributed by atoms with Crippen molar-refractivity contribution in [2.75, 3.05) is 12.0 Å². The number of ether oxygens (including phenoxy) is 1. The molecule has 1 fully saturated rings. The average molecular weight is 429 g/mol. The Morgan fingerprint density at radius 3 is 2.38 bits per heavy atom. The number of aromatic nitrogens is 1. The van der Waals surface area contributed by atoms with Crippen LogP contribution in [0.2, 0.25) is 0 Å². The maximum atomic E-state index is 13.3. The van der Waals surface area contributed by atoms with Crippen molar-refractivity contribution in [1.29, 1.82) is 0 Å². The van der Waals surface area contributed by atoms with Crippen molar-refractivity contribution in [3.63, 3.8) is 0 Å². The first-order valence-electron chi connectivity index (χ1n) is 10.3. The van der Waals surface area contributed by atoms with Crippen LogP contribution in [0.25, 0.3) is 11.8 Å². The van der Waals surface area contributed by atoms with E-state index in [1.807, 2.05) is 66.9 Å². The molecule has 0 saturated carbocycles. The highest BCUT2D eigenvalue weighted by Crippen LogP contribution is 2.27. The molecule has 2 heterocycles. The van der Waals surface area contributed by atoms with Crippen LogP contribution in [-0.4, -0.2) is 29.5 Å². The van der Waals surface area contributed by atoms with Gasteiger partial charge in [0, 0.05) is 17.1 Å². The molecule has 4 rings (SSSR count). The minimum absolute atomic E-state index is 0.108. The minimum atomic E-state index is -0.750. The van der Waals surface area contributed by atoms with Crippen molar-refractivity contribution >= 4 is 29.6 Å². The number of carbonyl (C=O) groups excluding carboxylic acids is 3. The highest BCUT2D eigenvalue weighted by Gasteiger charge is 2.37. The van der Waals surface area contributed by atoms with Crippen molar-refractivity contribution < 1.29 is 19.1 Å². The van der Waals surface area contributed by atoms with Gasteiger partial charge in [0.25, 0.3) is 11.8 Å². The van der Waals surface area contributed by atoms with E-state index in [2.05, 4.69) is 5.32 Å². The fraction of sp³-hybridized carbons (Fsp3) is 0.160. The Hall–Kier alpha value is -4.13. The van der Waals surface area contributed by atoms with Gasteiger partial charge < -0.3 is 9.30 Å². The zero-order valence-corrected chi connectivity index (χ0v) is 18.1. The zero-order chi connectivity index (χ0) is 22.8. The van der Waals surface area contributed by atoms with E-state index in [1.165, 1.54) is 6.08 Å². The summed E-state index contributed by atoms with van der Waals surface area (Å²) in [6.45, 7) is 3.87. The van der Waals surface area contributed by atoms with Gasteiger partial charge in [0.1, 0.15) is 11.3 Å². The maximum absolute atomic E-state index is 13.3. The van der Waals surface area contributed by atoms with Crippen molar-refractivity contribution in [2.24, 2.45) is 0 Å². The largest absolute Gasteiger partial charge is 0.497 e. The number of imide groups is 2. The molecule has 0 radical (unpaired) electrons. The molecule has 0 spiro atoms. The summed E-state index contributed by atoms with van der Waals surface area (Å²) in [6.07, 6.45) is 2.16. The fourth-order valence-electron chi connectivity index (χ4n) is 3.81. The van der Waals surface area contributed by atoms with Crippen molar-refractivity contribution in [2.45, 2.75) is 20.3 Å². The van der Waals surface area contributed by atoms with Crippen LogP contribution in [-0.2, 0) is 16.0 Å². The molecule has 162 valence electrons. The number of benzene rings is 2. The van der Waals surface area contributed by atoms with Crippen molar-refractivity contribution in [3.05, 3.63) is 83.2 Å². The molecule has 1 aliphatic heterocycles. The summed E-state index contributed by atoms with van der Waals surface area (Å²) >= 11 is 0. The van der Waals surface area contributed by atoms with Crippen LogP contribution in [0, 0.1) is 6.92 Å². The maximum Gasteiger partial charge on any atom is 0.335 e. The lowest BCUT2D eigenvalue weighted by Gasteiger charge is -2.28. The number of urea groups is 1. The van der Waals surface area contributed by atoms with E-state index >= 15 is 0 Å². The molecule has 1 aromatic heterocycles. The van der Waals surface area contributed by atoms with E-state index < -0.39 is 17.8 Å². The summed E-state index contributed by atoms with van der Waals surface area (Å²) in [4.78, 5) is 39.5. The molecule has 32 heavy (non-hydrogen) atoms. The monoisotopic (exact) mass is 429 g/mol. The van der Waals surface area contributed by atoms with Gasteiger partial charge >= 0.3 is 6.03 Å². The zero-order valence-electron chi connectivity index (χ0n) is 18.1. The summed E-state index contributed by atoms with van der Waals surface area (Å²) in [5.74, 6) is -0.644. The molecule has 1 saturated heterocycles. The molecule has 1 N–H and O–H groups in total. The molecule has 1 aliphatic rings. The summed E-state index contributed by atoms with van der Waals surface area (Å²) in [7, 11) is 1.60. The lowest BCUT2D eigenvalue weighted by atomic mass is 10.1. The lowest BCUT2D eigenvalue weighted by Crippen LogP contribution is -2.54. The van der Waals surface area contributed by atoms with E-state index in [4.69, 9.17) is 4.74 Å². The summed E-state index contributed by atoms with van der Waals surface area (Å²) in [5.41, 5.74) is 3.62. The summed E-state index contributed by atoms with van der Waals surface area (Å²) < 4.78 is 7.15. The molecule has 3 aromatic rings. The Bertz CT molecular complexity index is 1240. The van der Waals surface area contributed by atoms with Crippen LogP contribution < -0.4 is 15.0 Å². The predicted octanol–water partition coefficient (Wildman–Crippen LogP) is 4.02. The third-order valence-corrected chi connectivity index (χ3v) is 5.44. The van der Waals surface area contributed by atoms with Gasteiger partial charge in [-0.25, -0.2) is 9.69 Å². The first-order valence-corrected chi connectivity index (χ1v) is 10.3. The molecule has 0 unspecified atom stereocenters. The molecular weight excluding hydrogens is 406 g/mol. The third kappa shape index (κ3) is 3.69. The van der Waals surface area contributed by atoms with E-state index in [0.29, 0.717) is 17.8 Å². The predicted molar refractivity (Wildman–Crippen MR) is 122 cm³/mol. The molecule has 4 amide bonds. The number of aryl methyl sites for hydroxylation is 2. The van der Waals surface area contributed by atoms with Gasteiger partial charge in [0.05, 0.1) is 12.8 Å². The van der Waals surface area contributed by atoms with Crippen LogP contribution in [0.5, 0.6) is 5.75 Å². The molecule has 7 heteroatoms. The SMILES string of the molecule is CCc1ccccc1N1C(=O)NC(=O)/C(=C\c2ccc(C)n2-c2ccc(OC)cc2)C1=O. The Balaban J connectivity index is 1.78. The number of barbiturate groups is 1. The molecule has 0 aliphatic carbocycles. The van der Waals surface area contributed by atoms with Crippen molar-refractivity contribution in [3.8, 4) is 11.4 Å². The molecular formula is C25H23N3O4. The van der Waals surface area contributed by atoms with Crippen LogP contribution in [0.1, 0.15) is 23.9 Å². The topological polar surface area (TPSA) is 80.6 Å².